The van der Waals surface area contributed by atoms with E-state index in [4.69, 9.17) is 11.5 Å². The molecule has 0 saturated carbocycles. The van der Waals surface area contributed by atoms with Gasteiger partial charge in [0.2, 0.25) is 5.91 Å². The van der Waals surface area contributed by atoms with Crippen molar-refractivity contribution < 1.29 is 9.90 Å². The molecule has 0 aromatic rings. The van der Waals surface area contributed by atoms with Gasteiger partial charge in [0.15, 0.2) is 0 Å². The molecule has 1 N–H and O–H groups in total. The Balaban J connectivity index is 2.46. The summed E-state index contributed by atoms with van der Waals surface area (Å²) in [6.07, 6.45) is 9.06. The second-order valence-corrected chi connectivity index (χ2v) is 3.62. The van der Waals surface area contributed by atoms with E-state index in [1.807, 2.05) is 0 Å². The van der Waals surface area contributed by atoms with Gasteiger partial charge in [-0.1, -0.05) is 0 Å². The van der Waals surface area contributed by atoms with Crippen LogP contribution < -0.4 is 0 Å². The largest absolute Gasteiger partial charge is 0.394 e. The highest BCUT2D eigenvalue weighted by Crippen LogP contribution is 2.17. The number of aliphatic hydroxyl groups excluding tert-OH is 1. The number of nitrogens with zero attached hydrogens (tertiary/aromatic N) is 1. The SMILES string of the molecule is C#CCCC(=O)N1CCCCC1CO. The van der Waals surface area contributed by atoms with E-state index in [0.717, 1.165) is 25.8 Å². The minimum absolute atomic E-state index is 0.0222. The highest BCUT2D eigenvalue weighted by Gasteiger charge is 2.25. The minimum atomic E-state index is 0.0222. The normalized spacial score (nSPS) is 21.7. The van der Waals surface area contributed by atoms with Crippen LogP contribution in [0.3, 0.4) is 0 Å². The van der Waals surface area contributed by atoms with E-state index in [2.05, 4.69) is 5.92 Å². The quantitative estimate of drug-likeness (QED) is 0.676. The Kier molecular flexibility index (Phi) is 4.48. The number of carbonyl (C=O) groups excluding carboxylic acids is 1. The fraction of sp³-hybridized carbons (Fsp3) is 0.727. The smallest absolute Gasteiger partial charge is 0.223 e. The predicted octanol–water partition coefficient (Wildman–Crippen LogP) is 0.773. The average molecular weight is 195 g/mol. The molecule has 1 aliphatic rings. The van der Waals surface area contributed by atoms with E-state index in [-0.39, 0.29) is 18.6 Å². The van der Waals surface area contributed by atoms with Crippen molar-refractivity contribution in [2.45, 2.75) is 38.1 Å². The summed E-state index contributed by atoms with van der Waals surface area (Å²) in [4.78, 5) is 13.4. The molecule has 1 aliphatic heterocycles. The summed E-state index contributed by atoms with van der Waals surface area (Å²) in [5, 5.41) is 9.10. The van der Waals surface area contributed by atoms with Crippen LogP contribution >= 0.6 is 0 Å². The zero-order valence-electron chi connectivity index (χ0n) is 8.41. The van der Waals surface area contributed by atoms with E-state index in [0.29, 0.717) is 12.8 Å². The maximum atomic E-state index is 11.6. The van der Waals surface area contributed by atoms with Crippen molar-refractivity contribution >= 4 is 5.91 Å². The van der Waals surface area contributed by atoms with Crippen LogP contribution in [-0.2, 0) is 4.79 Å². The van der Waals surface area contributed by atoms with Crippen LogP contribution in [0.5, 0.6) is 0 Å². The highest BCUT2D eigenvalue weighted by molar-refractivity contribution is 5.76. The summed E-state index contributed by atoms with van der Waals surface area (Å²) in [6, 6.07) is 0.0222. The summed E-state index contributed by atoms with van der Waals surface area (Å²) >= 11 is 0. The van der Waals surface area contributed by atoms with Crippen molar-refractivity contribution in [2.75, 3.05) is 13.2 Å². The molecule has 0 radical (unpaired) electrons. The number of likely N-dealkylation sites (tertiary alicyclic amines) is 1. The summed E-state index contributed by atoms with van der Waals surface area (Å²) in [5.41, 5.74) is 0. The van der Waals surface area contributed by atoms with Crippen molar-refractivity contribution in [1.82, 2.24) is 4.90 Å². The van der Waals surface area contributed by atoms with Crippen molar-refractivity contribution in [1.29, 1.82) is 0 Å². The molecule has 1 saturated heterocycles. The van der Waals surface area contributed by atoms with Gasteiger partial charge in [-0.3, -0.25) is 4.79 Å². The minimum Gasteiger partial charge on any atom is -0.394 e. The molecular weight excluding hydrogens is 178 g/mol. The maximum Gasteiger partial charge on any atom is 0.223 e. The number of hydrogen-bond donors (Lipinski definition) is 1. The number of hydrogen-bond acceptors (Lipinski definition) is 2. The zero-order chi connectivity index (χ0) is 10.4. The Labute approximate surface area is 85.1 Å². The number of rotatable bonds is 3. The molecule has 3 heteroatoms. The fourth-order valence-electron chi connectivity index (χ4n) is 1.84. The van der Waals surface area contributed by atoms with E-state index < -0.39 is 0 Å². The lowest BCUT2D eigenvalue weighted by Gasteiger charge is -2.34. The van der Waals surface area contributed by atoms with Gasteiger partial charge in [0, 0.05) is 19.4 Å². The zero-order valence-corrected chi connectivity index (χ0v) is 8.41. The van der Waals surface area contributed by atoms with Crippen molar-refractivity contribution in [2.24, 2.45) is 0 Å². The van der Waals surface area contributed by atoms with E-state index in [9.17, 15) is 4.79 Å². The van der Waals surface area contributed by atoms with Crippen LogP contribution in [-0.4, -0.2) is 35.1 Å². The molecule has 1 heterocycles. The lowest BCUT2D eigenvalue weighted by Crippen LogP contribution is -2.45. The van der Waals surface area contributed by atoms with Gasteiger partial charge < -0.3 is 10.0 Å². The first kappa shape index (κ1) is 11.1. The van der Waals surface area contributed by atoms with Crippen LogP contribution in [0.1, 0.15) is 32.1 Å². The second kappa shape index (κ2) is 5.66. The Morgan fingerprint density at radius 3 is 3.00 bits per heavy atom. The Morgan fingerprint density at radius 1 is 1.57 bits per heavy atom. The van der Waals surface area contributed by atoms with Crippen LogP contribution in [0, 0.1) is 12.3 Å². The van der Waals surface area contributed by atoms with Gasteiger partial charge >= 0.3 is 0 Å². The molecule has 1 fully saturated rings. The lowest BCUT2D eigenvalue weighted by molar-refractivity contribution is -0.135. The molecular formula is C11H17NO2. The summed E-state index contributed by atoms with van der Waals surface area (Å²) in [7, 11) is 0. The van der Waals surface area contributed by atoms with Crippen molar-refractivity contribution in [3.8, 4) is 12.3 Å². The molecule has 1 rings (SSSR count). The predicted molar refractivity (Wildman–Crippen MR) is 54.5 cm³/mol. The molecule has 1 atom stereocenters. The first-order chi connectivity index (χ1) is 6.79. The van der Waals surface area contributed by atoms with Gasteiger partial charge in [0.1, 0.15) is 0 Å². The number of piperidine rings is 1. The number of amides is 1. The topological polar surface area (TPSA) is 40.5 Å². The average Bonchev–Trinajstić information content (AvgIpc) is 2.25. The van der Waals surface area contributed by atoms with Crippen LogP contribution in [0.2, 0.25) is 0 Å². The number of terminal acetylenes is 1. The Hall–Kier alpha value is -1.01. The Morgan fingerprint density at radius 2 is 2.36 bits per heavy atom. The third-order valence-electron chi connectivity index (χ3n) is 2.64. The molecule has 0 aliphatic carbocycles. The summed E-state index contributed by atoms with van der Waals surface area (Å²) in [6.45, 7) is 0.844. The van der Waals surface area contributed by atoms with Gasteiger partial charge in [-0.25, -0.2) is 0 Å². The first-order valence-electron chi connectivity index (χ1n) is 5.13. The third kappa shape index (κ3) is 2.74. The lowest BCUT2D eigenvalue weighted by atomic mass is 10.0. The van der Waals surface area contributed by atoms with Gasteiger partial charge in [0.25, 0.3) is 0 Å². The van der Waals surface area contributed by atoms with E-state index in [1.54, 1.807) is 4.90 Å². The molecule has 78 valence electrons. The molecule has 0 aromatic heterocycles. The van der Waals surface area contributed by atoms with Gasteiger partial charge in [-0.05, 0) is 19.3 Å². The van der Waals surface area contributed by atoms with Crippen molar-refractivity contribution in [3.63, 3.8) is 0 Å². The van der Waals surface area contributed by atoms with E-state index in [1.165, 1.54) is 0 Å². The first-order valence-corrected chi connectivity index (χ1v) is 5.13. The molecule has 0 aromatic carbocycles. The van der Waals surface area contributed by atoms with Crippen molar-refractivity contribution in [3.05, 3.63) is 0 Å². The summed E-state index contributed by atoms with van der Waals surface area (Å²) < 4.78 is 0. The van der Waals surface area contributed by atoms with Gasteiger partial charge in [-0.2, -0.15) is 0 Å². The number of aliphatic hydroxyl groups is 1. The molecule has 0 bridgehead atoms. The van der Waals surface area contributed by atoms with E-state index >= 15 is 0 Å². The number of carbonyl (C=O) groups is 1. The second-order valence-electron chi connectivity index (χ2n) is 3.62. The monoisotopic (exact) mass is 195 g/mol. The van der Waals surface area contributed by atoms with Crippen LogP contribution in [0.25, 0.3) is 0 Å². The molecule has 14 heavy (non-hydrogen) atoms. The maximum absolute atomic E-state index is 11.6. The van der Waals surface area contributed by atoms with Crippen LogP contribution in [0.4, 0.5) is 0 Å². The third-order valence-corrected chi connectivity index (χ3v) is 2.64. The fourth-order valence-corrected chi connectivity index (χ4v) is 1.84. The molecule has 0 spiro atoms. The van der Waals surface area contributed by atoms with Gasteiger partial charge in [-0.15, -0.1) is 12.3 Å². The summed E-state index contributed by atoms with van der Waals surface area (Å²) in [5.74, 6) is 2.55. The van der Waals surface area contributed by atoms with Gasteiger partial charge in [0.05, 0.1) is 12.6 Å². The standard InChI is InChI=1S/C11H17NO2/c1-2-3-7-11(14)12-8-5-4-6-10(12)9-13/h1,10,13H,3-9H2. The molecule has 3 nitrogen and oxygen atoms in total. The Bertz CT molecular complexity index is 232. The highest BCUT2D eigenvalue weighted by atomic mass is 16.3. The molecule has 1 unspecified atom stereocenters. The molecule has 1 amide bonds. The van der Waals surface area contributed by atoms with Crippen LogP contribution in [0.15, 0.2) is 0 Å².